The minimum Gasteiger partial charge on any atom is -0.444 e. The molecule has 2 saturated heterocycles. The number of rotatable bonds is 4. The zero-order chi connectivity index (χ0) is 35.9. The van der Waals surface area contributed by atoms with Crippen molar-refractivity contribution in [3.63, 3.8) is 0 Å². The molecule has 2 aliphatic rings. The number of carbonyl (C=O) groups is 2. The molecular weight excluding hydrogens is 834 g/mol. The summed E-state index contributed by atoms with van der Waals surface area (Å²) in [4.78, 5) is 28.1. The first kappa shape index (κ1) is 39.5. The van der Waals surface area contributed by atoms with Gasteiger partial charge >= 0.3 is 12.2 Å². The fraction of sp³-hybridized carbons (Fsp3) is 0.556. The summed E-state index contributed by atoms with van der Waals surface area (Å²) in [6.07, 6.45) is 1.65. The number of hydrogen-bond donors (Lipinski definition) is 2. The van der Waals surface area contributed by atoms with Crippen molar-refractivity contribution in [3.8, 4) is 12.1 Å². The zero-order valence-corrected chi connectivity index (χ0v) is 33.5. The van der Waals surface area contributed by atoms with Gasteiger partial charge in [-0.15, -0.1) is 0 Å². The molecule has 260 valence electrons. The van der Waals surface area contributed by atoms with E-state index >= 15 is 0 Å². The van der Waals surface area contributed by atoms with Crippen LogP contribution in [0.2, 0.25) is 0 Å². The quantitative estimate of drug-likeness (QED) is 0.292. The van der Waals surface area contributed by atoms with E-state index in [0.717, 1.165) is 18.5 Å². The number of carbonyl (C=O) groups excluding carboxylic acids is 2. The van der Waals surface area contributed by atoms with E-state index < -0.39 is 22.3 Å². The third-order valence-corrected chi connectivity index (χ3v) is 9.49. The number of likely N-dealkylation sites (tertiary alicyclic amines) is 2. The Kier molecular flexibility index (Phi) is 13.3. The van der Waals surface area contributed by atoms with Crippen LogP contribution >= 0.6 is 45.2 Å². The van der Waals surface area contributed by atoms with Crippen molar-refractivity contribution < 1.29 is 19.1 Å². The summed E-state index contributed by atoms with van der Waals surface area (Å²) in [5.74, 6) is 0. The largest absolute Gasteiger partial charge is 0.444 e. The summed E-state index contributed by atoms with van der Waals surface area (Å²) >= 11 is 4.51. The van der Waals surface area contributed by atoms with Crippen LogP contribution in [0.1, 0.15) is 81.1 Å². The maximum Gasteiger partial charge on any atom is 0.410 e. The van der Waals surface area contributed by atoms with Crippen molar-refractivity contribution in [1.82, 2.24) is 9.80 Å². The van der Waals surface area contributed by atoms with E-state index in [9.17, 15) is 20.1 Å². The van der Waals surface area contributed by atoms with Crippen LogP contribution in [0.25, 0.3) is 0 Å². The van der Waals surface area contributed by atoms with E-state index in [1.54, 1.807) is 9.80 Å². The van der Waals surface area contributed by atoms with Gasteiger partial charge in [-0.2, -0.15) is 10.5 Å². The molecule has 4 unspecified atom stereocenters. The molecule has 0 aliphatic carbocycles. The van der Waals surface area contributed by atoms with Crippen molar-refractivity contribution >= 4 is 68.7 Å². The minimum atomic E-state index is -0.662. The van der Waals surface area contributed by atoms with Gasteiger partial charge in [-0.3, -0.25) is 0 Å². The molecule has 0 aromatic heterocycles. The van der Waals surface area contributed by atoms with Crippen LogP contribution in [0.4, 0.5) is 21.0 Å². The molecule has 4 rings (SSSR count). The van der Waals surface area contributed by atoms with E-state index in [2.05, 4.69) is 68.0 Å². The molecule has 2 fully saturated rings. The van der Waals surface area contributed by atoms with Gasteiger partial charge < -0.3 is 29.9 Å². The molecule has 0 bridgehead atoms. The van der Waals surface area contributed by atoms with Gasteiger partial charge in [0.2, 0.25) is 0 Å². The Labute approximate surface area is 313 Å². The Morgan fingerprint density at radius 1 is 0.708 bits per heavy atom. The Balaban J connectivity index is 0.000000260. The van der Waals surface area contributed by atoms with Crippen molar-refractivity contribution in [3.05, 3.63) is 55.7 Å². The van der Waals surface area contributed by atoms with Gasteiger partial charge in [0.25, 0.3) is 0 Å². The van der Waals surface area contributed by atoms with Crippen LogP contribution in [0, 0.1) is 29.8 Å². The number of piperidine rings is 2. The summed E-state index contributed by atoms with van der Waals surface area (Å²) < 4.78 is 13.2. The molecule has 12 heteroatoms. The SMILES string of the molecule is CC1CC(C#N)(Nc2ccc(I)cc2)CCN1C(=O)OC(C)(C)C.CC1CC(C#N)(Nc2ccc(I)cc2)CCN1C(=O)OC(C)(C)C. The average Bonchev–Trinajstić information content (AvgIpc) is 2.98. The molecule has 2 aromatic carbocycles. The number of amides is 2. The lowest BCUT2D eigenvalue weighted by molar-refractivity contribution is 0.00765. The summed E-state index contributed by atoms with van der Waals surface area (Å²) in [6.45, 7) is 16.1. The second-order valence-corrected chi connectivity index (χ2v) is 17.1. The maximum absolute atomic E-state index is 12.3. The fourth-order valence-corrected chi connectivity index (χ4v) is 6.50. The first-order valence-electron chi connectivity index (χ1n) is 16.2. The second kappa shape index (κ2) is 16.2. The van der Waals surface area contributed by atoms with E-state index in [1.165, 1.54) is 0 Å². The number of anilines is 2. The fourth-order valence-electron chi connectivity index (χ4n) is 5.79. The van der Waals surface area contributed by atoms with Crippen molar-refractivity contribution in [2.45, 2.75) is 115 Å². The van der Waals surface area contributed by atoms with Gasteiger partial charge in [0.1, 0.15) is 22.3 Å². The van der Waals surface area contributed by atoms with E-state index in [1.807, 2.05) is 104 Å². The summed E-state index contributed by atoms with van der Waals surface area (Å²) in [7, 11) is 0. The minimum absolute atomic E-state index is 0.0652. The summed E-state index contributed by atoms with van der Waals surface area (Å²) in [5.41, 5.74) is -0.500. The number of halogens is 2. The molecule has 0 spiro atoms. The van der Waals surface area contributed by atoms with Crippen LogP contribution in [-0.2, 0) is 9.47 Å². The molecule has 4 atom stereocenters. The molecule has 2 aromatic rings. The highest BCUT2D eigenvalue weighted by molar-refractivity contribution is 14.1. The van der Waals surface area contributed by atoms with Crippen molar-refractivity contribution in [2.24, 2.45) is 0 Å². The highest BCUT2D eigenvalue weighted by atomic mass is 127. The third kappa shape index (κ3) is 11.6. The normalized spacial score (nSPS) is 24.2. The van der Waals surface area contributed by atoms with Gasteiger partial charge in [-0.1, -0.05) is 0 Å². The molecule has 2 aliphatic heterocycles. The lowest BCUT2D eigenvalue weighted by Crippen LogP contribution is -2.55. The monoisotopic (exact) mass is 882 g/mol. The van der Waals surface area contributed by atoms with Crippen LogP contribution in [0.3, 0.4) is 0 Å². The lowest BCUT2D eigenvalue weighted by atomic mass is 9.84. The number of benzene rings is 2. The molecular formula is C36H48I2N6O4. The molecule has 48 heavy (non-hydrogen) atoms. The van der Waals surface area contributed by atoms with Gasteiger partial charge in [-0.05, 0) is 149 Å². The Bertz CT molecular complexity index is 1380. The van der Waals surface area contributed by atoms with Crippen LogP contribution in [0.5, 0.6) is 0 Å². The Morgan fingerprint density at radius 3 is 1.27 bits per heavy atom. The maximum atomic E-state index is 12.3. The second-order valence-electron chi connectivity index (χ2n) is 14.6. The highest BCUT2D eigenvalue weighted by Crippen LogP contribution is 2.33. The average molecular weight is 883 g/mol. The van der Waals surface area contributed by atoms with Gasteiger partial charge in [-0.25, -0.2) is 9.59 Å². The Morgan fingerprint density at radius 2 is 1.02 bits per heavy atom. The first-order chi connectivity index (χ1) is 22.3. The molecule has 0 radical (unpaired) electrons. The van der Waals surface area contributed by atoms with E-state index in [4.69, 9.17) is 9.47 Å². The number of hydrogen-bond acceptors (Lipinski definition) is 8. The van der Waals surface area contributed by atoms with Crippen molar-refractivity contribution in [1.29, 1.82) is 10.5 Å². The highest BCUT2D eigenvalue weighted by Gasteiger charge is 2.42. The number of ether oxygens (including phenoxy) is 2. The third-order valence-electron chi connectivity index (χ3n) is 8.05. The predicted molar refractivity (Wildman–Crippen MR) is 206 cm³/mol. The van der Waals surface area contributed by atoms with E-state index in [0.29, 0.717) is 38.8 Å². The number of nitriles is 2. The topological polar surface area (TPSA) is 131 Å². The molecule has 2 heterocycles. The number of nitrogens with zero attached hydrogens (tertiary/aromatic N) is 4. The van der Waals surface area contributed by atoms with Gasteiger partial charge in [0, 0.05) is 69.4 Å². The number of nitrogens with one attached hydrogen (secondary N) is 2. The van der Waals surface area contributed by atoms with E-state index in [-0.39, 0.29) is 24.3 Å². The smallest absolute Gasteiger partial charge is 0.410 e. The van der Waals surface area contributed by atoms with Gasteiger partial charge in [0.15, 0.2) is 0 Å². The first-order valence-corrected chi connectivity index (χ1v) is 18.3. The zero-order valence-electron chi connectivity index (χ0n) is 29.2. The van der Waals surface area contributed by atoms with Crippen molar-refractivity contribution in [2.75, 3.05) is 23.7 Å². The molecule has 0 saturated carbocycles. The summed E-state index contributed by atoms with van der Waals surface area (Å²) in [6, 6.07) is 20.7. The van der Waals surface area contributed by atoms with Gasteiger partial charge in [0.05, 0.1) is 12.1 Å². The van der Waals surface area contributed by atoms with Crippen LogP contribution in [-0.4, -0.2) is 69.4 Å². The standard InChI is InChI=1S/2C18H24IN3O2/c2*1-13-11-18(12-20,21-15-7-5-14(19)6-8-15)9-10-22(13)16(23)24-17(2,3)4/h2*5-8,13,21H,9-11H2,1-4H3. The lowest BCUT2D eigenvalue weighted by Gasteiger charge is -2.42. The predicted octanol–water partition coefficient (Wildman–Crippen LogP) is 8.77. The molecule has 10 nitrogen and oxygen atoms in total. The van der Waals surface area contributed by atoms with Crippen LogP contribution < -0.4 is 10.6 Å². The summed E-state index contributed by atoms with van der Waals surface area (Å²) in [5, 5.41) is 26.2. The van der Waals surface area contributed by atoms with Crippen LogP contribution in [0.15, 0.2) is 48.5 Å². The Hall–Kier alpha value is -2.98. The molecule has 2 amide bonds. The molecule has 2 N–H and O–H groups in total.